The molecule has 16 heavy (non-hydrogen) atoms. The van der Waals surface area contributed by atoms with Gasteiger partial charge in [-0.3, -0.25) is 0 Å². The Kier molecular flexibility index (Phi) is 2.97. The number of aliphatic hydroxyl groups excluding tert-OH is 1. The number of para-hydroxylation sites is 1. The van der Waals surface area contributed by atoms with Crippen LogP contribution in [0.5, 0.6) is 5.75 Å². The van der Waals surface area contributed by atoms with Gasteiger partial charge in [-0.2, -0.15) is 0 Å². The van der Waals surface area contributed by atoms with E-state index in [1.54, 1.807) is 13.4 Å². The standard InChI is InChI=1S/C13H14O3/c1-9-7-10(8-16-9)13(14)11-5-3-4-6-12(11)15-2/h3-8,13-14H,1-2H3. The van der Waals surface area contributed by atoms with Gasteiger partial charge in [-0.1, -0.05) is 18.2 Å². The third kappa shape index (κ3) is 1.95. The molecule has 3 nitrogen and oxygen atoms in total. The van der Waals surface area contributed by atoms with Gasteiger partial charge in [-0.25, -0.2) is 0 Å². The van der Waals surface area contributed by atoms with E-state index in [0.717, 1.165) is 16.9 Å². The molecule has 3 heteroatoms. The van der Waals surface area contributed by atoms with Crippen LogP contribution in [0.4, 0.5) is 0 Å². The van der Waals surface area contributed by atoms with Gasteiger partial charge in [0.1, 0.15) is 17.6 Å². The number of furan rings is 1. The van der Waals surface area contributed by atoms with Crippen molar-refractivity contribution in [3.63, 3.8) is 0 Å². The Labute approximate surface area is 94.3 Å². The summed E-state index contributed by atoms with van der Waals surface area (Å²) in [7, 11) is 1.59. The molecule has 0 spiro atoms. The molecule has 0 radical (unpaired) electrons. The first-order chi connectivity index (χ1) is 7.72. The minimum atomic E-state index is -0.714. The molecule has 1 aromatic heterocycles. The van der Waals surface area contributed by atoms with Crippen molar-refractivity contribution < 1.29 is 14.3 Å². The summed E-state index contributed by atoms with van der Waals surface area (Å²) < 4.78 is 10.4. The zero-order valence-electron chi connectivity index (χ0n) is 9.31. The maximum absolute atomic E-state index is 10.2. The van der Waals surface area contributed by atoms with E-state index in [4.69, 9.17) is 9.15 Å². The van der Waals surface area contributed by atoms with Gasteiger partial charge in [0.05, 0.1) is 13.4 Å². The van der Waals surface area contributed by atoms with Crippen molar-refractivity contribution in [3.8, 4) is 5.75 Å². The first-order valence-corrected chi connectivity index (χ1v) is 5.08. The predicted octanol–water partition coefficient (Wildman–Crippen LogP) is 2.68. The van der Waals surface area contributed by atoms with Crippen LogP contribution in [-0.2, 0) is 0 Å². The first-order valence-electron chi connectivity index (χ1n) is 5.08. The van der Waals surface area contributed by atoms with E-state index in [1.807, 2.05) is 37.3 Å². The number of methoxy groups -OCH3 is 1. The summed E-state index contributed by atoms with van der Waals surface area (Å²) in [5.41, 5.74) is 1.48. The molecule has 0 aliphatic carbocycles. The van der Waals surface area contributed by atoms with Gasteiger partial charge in [0.25, 0.3) is 0 Å². The number of hydrogen-bond donors (Lipinski definition) is 1. The summed E-state index contributed by atoms with van der Waals surface area (Å²) in [6.07, 6.45) is 0.848. The van der Waals surface area contributed by atoms with Crippen molar-refractivity contribution in [1.29, 1.82) is 0 Å². The Bertz CT molecular complexity index is 474. The smallest absolute Gasteiger partial charge is 0.125 e. The molecular formula is C13H14O3. The molecule has 0 aliphatic heterocycles. The number of aliphatic hydroxyl groups is 1. The maximum atomic E-state index is 10.2. The molecule has 0 aliphatic rings. The van der Waals surface area contributed by atoms with Crippen LogP contribution in [0.1, 0.15) is 23.0 Å². The Hall–Kier alpha value is -1.74. The Morgan fingerprint density at radius 1 is 1.31 bits per heavy atom. The van der Waals surface area contributed by atoms with E-state index in [2.05, 4.69) is 0 Å². The summed E-state index contributed by atoms with van der Waals surface area (Å²) in [5.74, 6) is 1.46. The lowest BCUT2D eigenvalue weighted by Crippen LogP contribution is -2.00. The summed E-state index contributed by atoms with van der Waals surface area (Å²) in [6.45, 7) is 1.85. The minimum absolute atomic E-state index is 0.675. The molecule has 1 N–H and O–H groups in total. The Morgan fingerprint density at radius 3 is 2.69 bits per heavy atom. The summed E-state index contributed by atoms with van der Waals surface area (Å²) in [6, 6.07) is 9.22. The molecule has 84 valence electrons. The molecule has 1 unspecified atom stereocenters. The second-order valence-corrected chi connectivity index (χ2v) is 3.64. The van der Waals surface area contributed by atoms with Crippen LogP contribution in [0.2, 0.25) is 0 Å². The van der Waals surface area contributed by atoms with Crippen molar-refractivity contribution in [2.24, 2.45) is 0 Å². The Morgan fingerprint density at radius 2 is 2.06 bits per heavy atom. The molecule has 1 heterocycles. The fraction of sp³-hybridized carbons (Fsp3) is 0.231. The molecule has 0 amide bonds. The molecule has 0 fully saturated rings. The van der Waals surface area contributed by atoms with Crippen LogP contribution in [0.25, 0.3) is 0 Å². The molecule has 0 saturated carbocycles. The van der Waals surface area contributed by atoms with Gasteiger partial charge >= 0.3 is 0 Å². The van der Waals surface area contributed by atoms with E-state index in [1.165, 1.54) is 0 Å². The molecular weight excluding hydrogens is 204 g/mol. The van der Waals surface area contributed by atoms with Crippen molar-refractivity contribution in [1.82, 2.24) is 0 Å². The largest absolute Gasteiger partial charge is 0.496 e. The minimum Gasteiger partial charge on any atom is -0.496 e. The molecule has 1 aromatic carbocycles. The van der Waals surface area contributed by atoms with Crippen LogP contribution in [0.15, 0.2) is 41.0 Å². The molecule has 0 bridgehead atoms. The normalized spacial score (nSPS) is 12.4. The number of rotatable bonds is 3. The van der Waals surface area contributed by atoms with Crippen LogP contribution < -0.4 is 4.74 Å². The van der Waals surface area contributed by atoms with Crippen molar-refractivity contribution >= 4 is 0 Å². The van der Waals surface area contributed by atoms with E-state index in [9.17, 15) is 5.11 Å². The zero-order valence-corrected chi connectivity index (χ0v) is 9.31. The van der Waals surface area contributed by atoms with E-state index < -0.39 is 6.10 Å². The highest BCUT2D eigenvalue weighted by molar-refractivity contribution is 5.39. The lowest BCUT2D eigenvalue weighted by molar-refractivity contribution is 0.213. The fourth-order valence-corrected chi connectivity index (χ4v) is 1.68. The SMILES string of the molecule is COc1ccccc1C(O)c1coc(C)c1. The third-order valence-corrected chi connectivity index (χ3v) is 2.50. The van der Waals surface area contributed by atoms with Gasteiger partial charge in [-0.15, -0.1) is 0 Å². The number of aryl methyl sites for hydroxylation is 1. The average Bonchev–Trinajstić information content (AvgIpc) is 2.75. The number of ether oxygens (including phenoxy) is 1. The highest BCUT2D eigenvalue weighted by Gasteiger charge is 2.16. The Balaban J connectivity index is 2.36. The molecule has 0 saturated heterocycles. The summed E-state index contributed by atoms with van der Waals surface area (Å²) >= 11 is 0. The third-order valence-electron chi connectivity index (χ3n) is 2.50. The average molecular weight is 218 g/mol. The topological polar surface area (TPSA) is 42.6 Å². The second-order valence-electron chi connectivity index (χ2n) is 3.64. The lowest BCUT2D eigenvalue weighted by atomic mass is 10.0. The van der Waals surface area contributed by atoms with Gasteiger partial charge < -0.3 is 14.3 Å². The highest BCUT2D eigenvalue weighted by atomic mass is 16.5. The monoisotopic (exact) mass is 218 g/mol. The van der Waals surface area contributed by atoms with Gasteiger partial charge in [-0.05, 0) is 19.1 Å². The van der Waals surface area contributed by atoms with E-state index in [0.29, 0.717) is 5.75 Å². The molecule has 1 atom stereocenters. The van der Waals surface area contributed by atoms with Crippen molar-refractivity contribution in [2.45, 2.75) is 13.0 Å². The number of hydrogen-bond acceptors (Lipinski definition) is 3. The zero-order chi connectivity index (χ0) is 11.5. The van der Waals surface area contributed by atoms with Crippen LogP contribution in [0, 0.1) is 6.92 Å². The first kappa shape index (κ1) is 10.8. The van der Waals surface area contributed by atoms with Crippen LogP contribution in [-0.4, -0.2) is 12.2 Å². The van der Waals surface area contributed by atoms with Crippen molar-refractivity contribution in [2.75, 3.05) is 7.11 Å². The fourth-order valence-electron chi connectivity index (χ4n) is 1.68. The quantitative estimate of drug-likeness (QED) is 0.861. The van der Waals surface area contributed by atoms with Gasteiger partial charge in [0.2, 0.25) is 0 Å². The predicted molar refractivity (Wildman–Crippen MR) is 60.5 cm³/mol. The van der Waals surface area contributed by atoms with E-state index in [-0.39, 0.29) is 0 Å². The van der Waals surface area contributed by atoms with Gasteiger partial charge in [0, 0.05) is 11.1 Å². The summed E-state index contributed by atoms with van der Waals surface area (Å²) in [4.78, 5) is 0. The molecule has 2 aromatic rings. The summed E-state index contributed by atoms with van der Waals surface area (Å²) in [5, 5.41) is 10.2. The highest BCUT2D eigenvalue weighted by Crippen LogP contribution is 2.30. The van der Waals surface area contributed by atoms with Crippen LogP contribution in [0.3, 0.4) is 0 Å². The number of benzene rings is 1. The van der Waals surface area contributed by atoms with E-state index >= 15 is 0 Å². The van der Waals surface area contributed by atoms with Gasteiger partial charge in [0.15, 0.2) is 0 Å². The maximum Gasteiger partial charge on any atom is 0.125 e. The van der Waals surface area contributed by atoms with Crippen molar-refractivity contribution in [3.05, 3.63) is 53.5 Å². The second kappa shape index (κ2) is 4.41. The molecule has 2 rings (SSSR count). The van der Waals surface area contributed by atoms with Crippen LogP contribution >= 0.6 is 0 Å². The lowest BCUT2D eigenvalue weighted by Gasteiger charge is -2.12.